The van der Waals surface area contributed by atoms with Gasteiger partial charge in [-0.3, -0.25) is 19.7 Å². The van der Waals surface area contributed by atoms with Crippen LogP contribution >= 0.6 is 15.9 Å². The van der Waals surface area contributed by atoms with Gasteiger partial charge in [0.15, 0.2) is 5.75 Å². The van der Waals surface area contributed by atoms with Crippen LogP contribution in [0, 0.1) is 10.1 Å². The first-order valence-electron chi connectivity index (χ1n) is 8.80. The van der Waals surface area contributed by atoms with E-state index in [-0.39, 0.29) is 11.4 Å². The molecule has 9 heteroatoms. The monoisotopic (exact) mass is 461 g/mol. The van der Waals surface area contributed by atoms with Crippen LogP contribution in [0.2, 0.25) is 0 Å². The number of fused-ring (bicyclic) bond motifs is 1. The topological polar surface area (TPSA) is 102 Å². The summed E-state index contributed by atoms with van der Waals surface area (Å²) in [6, 6.07) is 10.7. The number of nitrogens with one attached hydrogen (secondary N) is 1. The van der Waals surface area contributed by atoms with Crippen molar-refractivity contribution >= 4 is 39.1 Å². The number of carbonyl (C=O) groups excluding carboxylic acids is 2. The fourth-order valence-electron chi connectivity index (χ4n) is 3.20. The maximum absolute atomic E-state index is 13.4. The minimum atomic E-state index is -2.10. The standard InChI is InChI=1S/C20H20BrN3O5/c1-19(2,3)22-17(25)20(29-16-8-6-5-7-15(16)24(27)28)13-11-12(21)9-10-14(13)23(4)18(20)26/h5-11H,1-4H3,(H,22,25). The van der Waals surface area contributed by atoms with Gasteiger partial charge in [0.2, 0.25) is 0 Å². The van der Waals surface area contributed by atoms with E-state index < -0.39 is 27.9 Å². The van der Waals surface area contributed by atoms with Crippen molar-refractivity contribution in [1.82, 2.24) is 5.32 Å². The van der Waals surface area contributed by atoms with E-state index in [2.05, 4.69) is 21.2 Å². The normalized spacial score (nSPS) is 18.4. The quantitative estimate of drug-likeness (QED) is 0.426. The van der Waals surface area contributed by atoms with Crippen LogP contribution in [-0.4, -0.2) is 29.3 Å². The van der Waals surface area contributed by atoms with Gasteiger partial charge < -0.3 is 15.0 Å². The highest BCUT2D eigenvalue weighted by molar-refractivity contribution is 9.10. The van der Waals surface area contributed by atoms with E-state index in [9.17, 15) is 19.7 Å². The third kappa shape index (κ3) is 3.57. The number of likely N-dealkylation sites (N-methyl/N-ethyl adjacent to an activating group) is 1. The van der Waals surface area contributed by atoms with Crippen molar-refractivity contribution in [3.63, 3.8) is 0 Å². The molecule has 8 nitrogen and oxygen atoms in total. The molecule has 1 atom stereocenters. The van der Waals surface area contributed by atoms with Gasteiger partial charge in [0.05, 0.1) is 10.6 Å². The van der Waals surface area contributed by atoms with Gasteiger partial charge in [-0.25, -0.2) is 0 Å². The fraction of sp³-hybridized carbons (Fsp3) is 0.300. The van der Waals surface area contributed by atoms with Gasteiger partial charge in [-0.05, 0) is 45.0 Å². The Morgan fingerprint density at radius 1 is 1.24 bits per heavy atom. The molecule has 0 fully saturated rings. The van der Waals surface area contributed by atoms with Gasteiger partial charge in [0.1, 0.15) is 0 Å². The molecule has 0 aromatic heterocycles. The zero-order chi connectivity index (χ0) is 21.6. The lowest BCUT2D eigenvalue weighted by molar-refractivity contribution is -0.386. The molecule has 0 radical (unpaired) electrons. The third-order valence-electron chi connectivity index (χ3n) is 4.44. The molecule has 1 N–H and O–H groups in total. The smallest absolute Gasteiger partial charge is 0.311 e. The molecule has 29 heavy (non-hydrogen) atoms. The van der Waals surface area contributed by atoms with Gasteiger partial charge in [-0.2, -0.15) is 0 Å². The lowest BCUT2D eigenvalue weighted by Gasteiger charge is -2.31. The molecule has 3 rings (SSSR count). The fourth-order valence-corrected chi connectivity index (χ4v) is 3.56. The van der Waals surface area contributed by atoms with Crippen LogP contribution in [0.5, 0.6) is 5.75 Å². The second kappa shape index (κ2) is 7.14. The number of nitro benzene ring substituents is 1. The highest BCUT2D eigenvalue weighted by Gasteiger charge is 2.59. The number of carbonyl (C=O) groups is 2. The molecule has 1 heterocycles. The Labute approximate surface area is 176 Å². The van der Waals surface area contributed by atoms with E-state index in [4.69, 9.17) is 4.74 Å². The van der Waals surface area contributed by atoms with Crippen molar-refractivity contribution in [3.05, 3.63) is 62.6 Å². The van der Waals surface area contributed by atoms with Crippen LogP contribution in [0.4, 0.5) is 11.4 Å². The molecular weight excluding hydrogens is 442 g/mol. The Morgan fingerprint density at radius 3 is 2.52 bits per heavy atom. The maximum Gasteiger partial charge on any atom is 0.311 e. The summed E-state index contributed by atoms with van der Waals surface area (Å²) in [5.74, 6) is -1.50. The number of hydrogen-bond donors (Lipinski definition) is 1. The van der Waals surface area contributed by atoms with Crippen LogP contribution in [-0.2, 0) is 15.2 Å². The molecule has 1 aliphatic rings. The van der Waals surface area contributed by atoms with Crippen molar-refractivity contribution < 1.29 is 19.2 Å². The first-order chi connectivity index (χ1) is 13.5. The van der Waals surface area contributed by atoms with Crippen LogP contribution in [0.1, 0.15) is 26.3 Å². The summed E-state index contributed by atoms with van der Waals surface area (Å²) in [6.07, 6.45) is 0. The molecule has 1 aliphatic heterocycles. The largest absolute Gasteiger partial charge is 0.455 e. The number of halogens is 1. The maximum atomic E-state index is 13.4. The molecule has 1 unspecified atom stereocenters. The second-order valence-corrected chi connectivity index (χ2v) is 8.65. The minimum Gasteiger partial charge on any atom is -0.455 e. The number of nitrogens with zero attached hydrogens (tertiary/aromatic N) is 2. The number of rotatable bonds is 4. The van der Waals surface area contributed by atoms with Crippen LogP contribution in [0.3, 0.4) is 0 Å². The Morgan fingerprint density at radius 2 is 1.90 bits per heavy atom. The minimum absolute atomic E-state index is 0.170. The average molecular weight is 462 g/mol. The molecule has 0 saturated carbocycles. The molecule has 2 amide bonds. The Hall–Kier alpha value is -2.94. The van der Waals surface area contributed by atoms with Crippen LogP contribution in [0.25, 0.3) is 0 Å². The summed E-state index contributed by atoms with van der Waals surface area (Å²) >= 11 is 3.36. The van der Waals surface area contributed by atoms with E-state index in [1.165, 1.54) is 30.1 Å². The molecule has 2 aromatic carbocycles. The van der Waals surface area contributed by atoms with Crippen molar-refractivity contribution in [1.29, 1.82) is 0 Å². The van der Waals surface area contributed by atoms with Gasteiger partial charge in [-0.15, -0.1) is 0 Å². The molecule has 2 aromatic rings. The third-order valence-corrected chi connectivity index (χ3v) is 4.93. The van der Waals surface area contributed by atoms with E-state index >= 15 is 0 Å². The Balaban J connectivity index is 2.26. The highest BCUT2D eigenvalue weighted by atomic mass is 79.9. The number of nitro groups is 1. The van der Waals surface area contributed by atoms with E-state index in [1.807, 2.05) is 0 Å². The summed E-state index contributed by atoms with van der Waals surface area (Å²) in [7, 11) is 1.53. The van der Waals surface area contributed by atoms with Gasteiger partial charge >= 0.3 is 5.69 Å². The molecular formula is C20H20BrN3O5. The molecule has 0 aliphatic carbocycles. The average Bonchev–Trinajstić information content (AvgIpc) is 2.83. The predicted molar refractivity (Wildman–Crippen MR) is 111 cm³/mol. The molecule has 152 valence electrons. The Kier molecular flexibility index (Phi) is 5.12. The Bertz CT molecular complexity index is 1020. The van der Waals surface area contributed by atoms with Crippen molar-refractivity contribution in [2.24, 2.45) is 0 Å². The van der Waals surface area contributed by atoms with Gasteiger partial charge in [0, 0.05) is 28.7 Å². The number of para-hydroxylation sites is 2. The predicted octanol–water partition coefficient (Wildman–Crippen LogP) is 3.52. The van der Waals surface area contributed by atoms with Crippen molar-refractivity contribution in [2.45, 2.75) is 31.9 Å². The van der Waals surface area contributed by atoms with E-state index in [0.717, 1.165) is 0 Å². The molecule has 0 bridgehead atoms. The summed E-state index contributed by atoms with van der Waals surface area (Å²) in [4.78, 5) is 39.0. The lowest BCUT2D eigenvalue weighted by atomic mass is 9.92. The SMILES string of the molecule is CN1C(=O)C(Oc2ccccc2[N+](=O)[O-])(C(=O)NC(C)(C)C)c2cc(Br)ccc21. The molecule has 0 saturated heterocycles. The zero-order valence-corrected chi connectivity index (χ0v) is 17.9. The number of hydrogen-bond acceptors (Lipinski definition) is 5. The highest BCUT2D eigenvalue weighted by Crippen LogP contribution is 2.45. The van der Waals surface area contributed by atoms with E-state index in [0.29, 0.717) is 15.7 Å². The van der Waals surface area contributed by atoms with Gasteiger partial charge in [-0.1, -0.05) is 28.1 Å². The van der Waals surface area contributed by atoms with Crippen molar-refractivity contribution in [3.8, 4) is 5.75 Å². The van der Waals surface area contributed by atoms with Gasteiger partial charge in [0.25, 0.3) is 17.4 Å². The van der Waals surface area contributed by atoms with Crippen LogP contribution < -0.4 is 15.0 Å². The van der Waals surface area contributed by atoms with E-state index in [1.54, 1.807) is 45.0 Å². The summed E-state index contributed by atoms with van der Waals surface area (Å²) in [5, 5.41) is 14.3. The first-order valence-corrected chi connectivity index (χ1v) is 9.60. The first kappa shape index (κ1) is 20.8. The zero-order valence-electron chi connectivity index (χ0n) is 16.4. The summed E-state index contributed by atoms with van der Waals surface area (Å²) in [6.45, 7) is 5.32. The molecule has 0 spiro atoms. The summed E-state index contributed by atoms with van der Waals surface area (Å²) < 4.78 is 6.60. The number of ether oxygens (including phenoxy) is 1. The number of benzene rings is 2. The van der Waals surface area contributed by atoms with Crippen molar-refractivity contribution in [2.75, 3.05) is 11.9 Å². The second-order valence-electron chi connectivity index (χ2n) is 7.74. The number of anilines is 1. The van der Waals surface area contributed by atoms with Crippen LogP contribution in [0.15, 0.2) is 46.9 Å². The summed E-state index contributed by atoms with van der Waals surface area (Å²) in [5.41, 5.74) is -2.31. The number of amides is 2. The lowest BCUT2D eigenvalue weighted by Crippen LogP contribution is -2.58.